The van der Waals surface area contributed by atoms with Crippen LogP contribution in [0.25, 0.3) is 22.3 Å². The van der Waals surface area contributed by atoms with Gasteiger partial charge in [0.25, 0.3) is 0 Å². The summed E-state index contributed by atoms with van der Waals surface area (Å²) in [6.07, 6.45) is -5.23. The maximum Gasteiger partial charge on any atom is 0.228 e. The van der Waals surface area contributed by atoms with Gasteiger partial charge in [0, 0.05) is 17.7 Å². The summed E-state index contributed by atoms with van der Waals surface area (Å²) in [5, 5.41) is 57.9. The third-order valence-electron chi connectivity index (χ3n) is 4.79. The topological polar surface area (TPSA) is 170 Å². The molecule has 10 nitrogen and oxygen atoms in total. The number of ether oxygens (including phenoxy) is 2. The van der Waals surface area contributed by atoms with Gasteiger partial charge in [-0.1, -0.05) is 0 Å². The summed E-state index contributed by atoms with van der Waals surface area (Å²) in [5.74, 6) is -1.80. The second kappa shape index (κ2) is 7.50. The minimum absolute atomic E-state index is 0.114. The van der Waals surface area contributed by atoms with Gasteiger partial charge in [-0.15, -0.1) is 0 Å². The highest BCUT2D eigenvalue weighted by atomic mass is 16.7. The number of hydrogen-bond acceptors (Lipinski definition) is 10. The Morgan fingerprint density at radius 3 is 2.33 bits per heavy atom. The summed E-state index contributed by atoms with van der Waals surface area (Å²) in [6, 6.07) is 8.28. The molecule has 1 aliphatic rings. The van der Waals surface area contributed by atoms with Crippen molar-refractivity contribution < 1.29 is 44.5 Å². The van der Waals surface area contributed by atoms with Crippen molar-refractivity contribution in [2.24, 2.45) is 0 Å². The van der Waals surface area contributed by atoms with E-state index < -0.39 is 47.3 Å². The molecule has 6 N–H and O–H groups in total. The van der Waals surface area contributed by atoms with Crippen molar-refractivity contribution in [3.8, 4) is 34.3 Å². The number of benzene rings is 2. The molecule has 0 radical (unpaired) electrons. The number of phenols is 3. The second-order valence-electron chi connectivity index (χ2n) is 6.83. The number of hydrogen-bond donors (Lipinski definition) is 6. The van der Waals surface area contributed by atoms with E-state index in [1.165, 1.54) is 12.1 Å². The molecule has 2 aromatic carbocycles. The number of fused-ring (bicyclic) bond motifs is 1. The Morgan fingerprint density at radius 2 is 1.63 bits per heavy atom. The van der Waals surface area contributed by atoms with Gasteiger partial charge >= 0.3 is 0 Å². The maximum absolute atomic E-state index is 12.4. The first kappa shape index (κ1) is 20.0. The van der Waals surface area contributed by atoms with E-state index in [-0.39, 0.29) is 29.1 Å². The van der Waals surface area contributed by atoms with Crippen molar-refractivity contribution in [2.75, 3.05) is 6.61 Å². The van der Waals surface area contributed by atoms with Crippen LogP contribution in [0.3, 0.4) is 0 Å². The quantitative estimate of drug-likeness (QED) is 0.327. The highest BCUT2D eigenvalue weighted by Gasteiger charge is 2.39. The molecule has 1 fully saturated rings. The van der Waals surface area contributed by atoms with Gasteiger partial charge in [0.05, 0.1) is 6.61 Å². The Balaban J connectivity index is 1.61. The average molecular weight is 418 g/mol. The molecule has 10 heteroatoms. The van der Waals surface area contributed by atoms with E-state index >= 15 is 0 Å². The number of phenolic OH excluding ortho intramolecular Hbond substituents is 3. The van der Waals surface area contributed by atoms with E-state index in [0.29, 0.717) is 5.56 Å². The molecule has 4 unspecified atom stereocenters. The van der Waals surface area contributed by atoms with Crippen LogP contribution < -0.4 is 10.2 Å². The van der Waals surface area contributed by atoms with E-state index in [2.05, 4.69) is 0 Å². The predicted molar refractivity (Wildman–Crippen MR) is 101 cm³/mol. The van der Waals surface area contributed by atoms with Crippen LogP contribution in [-0.2, 0) is 4.74 Å². The third-order valence-corrected chi connectivity index (χ3v) is 4.79. The van der Waals surface area contributed by atoms with Crippen molar-refractivity contribution in [1.29, 1.82) is 0 Å². The van der Waals surface area contributed by atoms with Gasteiger partial charge in [-0.25, -0.2) is 0 Å². The van der Waals surface area contributed by atoms with Crippen molar-refractivity contribution >= 4 is 11.0 Å². The van der Waals surface area contributed by atoms with Gasteiger partial charge < -0.3 is 44.5 Å². The molecule has 158 valence electrons. The molecular weight excluding hydrogens is 400 g/mol. The van der Waals surface area contributed by atoms with Gasteiger partial charge in [0.1, 0.15) is 40.8 Å². The van der Waals surface area contributed by atoms with E-state index in [1.807, 2.05) is 0 Å². The number of aromatic hydroxyl groups is 3. The van der Waals surface area contributed by atoms with E-state index in [4.69, 9.17) is 13.9 Å². The average Bonchev–Trinajstić information content (AvgIpc) is 2.72. The smallest absolute Gasteiger partial charge is 0.228 e. The lowest BCUT2D eigenvalue weighted by Crippen LogP contribution is -2.54. The molecular formula is C20H18O10. The zero-order chi connectivity index (χ0) is 21.6. The van der Waals surface area contributed by atoms with Crippen molar-refractivity contribution in [2.45, 2.75) is 24.6 Å². The Kier molecular flexibility index (Phi) is 5.00. The van der Waals surface area contributed by atoms with Crippen LogP contribution in [0.4, 0.5) is 0 Å². The lowest BCUT2D eigenvalue weighted by Gasteiger charge is -2.34. The van der Waals surface area contributed by atoms with Gasteiger partial charge in [-0.2, -0.15) is 0 Å². The van der Waals surface area contributed by atoms with Crippen LogP contribution in [0.2, 0.25) is 0 Å². The fraction of sp³-hybridized carbons (Fsp3) is 0.250. The molecule has 0 amide bonds. The molecule has 3 aromatic rings. The molecule has 1 aliphatic heterocycles. The molecule has 0 aliphatic carbocycles. The Bertz CT molecular complexity index is 1140. The van der Waals surface area contributed by atoms with Crippen LogP contribution in [0.1, 0.15) is 0 Å². The molecule has 2 heterocycles. The normalized spacial score (nSPS) is 24.1. The van der Waals surface area contributed by atoms with E-state index in [1.54, 1.807) is 12.1 Å². The van der Waals surface area contributed by atoms with Crippen LogP contribution in [0, 0.1) is 0 Å². The van der Waals surface area contributed by atoms with Crippen LogP contribution >= 0.6 is 0 Å². The second-order valence-corrected chi connectivity index (χ2v) is 6.83. The fourth-order valence-corrected chi connectivity index (χ4v) is 3.14. The van der Waals surface area contributed by atoms with Crippen molar-refractivity contribution in [3.63, 3.8) is 0 Å². The monoisotopic (exact) mass is 418 g/mol. The van der Waals surface area contributed by atoms with Gasteiger partial charge in [0.15, 0.2) is 16.9 Å². The zero-order valence-electron chi connectivity index (χ0n) is 15.3. The Morgan fingerprint density at radius 1 is 0.933 bits per heavy atom. The number of aliphatic hydroxyl groups excluding tert-OH is 3. The van der Waals surface area contributed by atoms with Crippen LogP contribution in [0.5, 0.6) is 23.0 Å². The molecule has 4 atom stereocenters. The first-order valence-corrected chi connectivity index (χ1v) is 8.91. The highest BCUT2D eigenvalue weighted by molar-refractivity contribution is 5.89. The van der Waals surface area contributed by atoms with Gasteiger partial charge in [-0.3, -0.25) is 4.79 Å². The first-order valence-electron chi connectivity index (χ1n) is 8.91. The van der Waals surface area contributed by atoms with Crippen molar-refractivity contribution in [3.05, 3.63) is 46.6 Å². The van der Waals surface area contributed by atoms with E-state index in [0.717, 1.165) is 12.1 Å². The van der Waals surface area contributed by atoms with E-state index in [9.17, 15) is 35.4 Å². The minimum atomic E-state index is -1.44. The molecule has 0 saturated carbocycles. The van der Waals surface area contributed by atoms with Crippen LogP contribution in [-0.4, -0.2) is 61.8 Å². The summed E-state index contributed by atoms with van der Waals surface area (Å²) < 4.78 is 16.2. The third kappa shape index (κ3) is 3.42. The lowest BCUT2D eigenvalue weighted by molar-refractivity contribution is -0.242. The summed E-state index contributed by atoms with van der Waals surface area (Å²) in [7, 11) is 0. The molecule has 4 rings (SSSR count). The number of rotatable bonds is 3. The molecule has 1 saturated heterocycles. The molecule has 0 bridgehead atoms. The van der Waals surface area contributed by atoms with Gasteiger partial charge in [0.2, 0.25) is 12.0 Å². The SMILES string of the molecule is O=c1cc(-c2ccc(OC3OCC(O)C(O)C3O)cc2)oc2cc(O)c(O)c(O)c12. The summed E-state index contributed by atoms with van der Waals surface area (Å²) in [5.41, 5.74) is -0.267. The minimum Gasteiger partial charge on any atom is -0.504 e. The molecule has 30 heavy (non-hydrogen) atoms. The van der Waals surface area contributed by atoms with Crippen molar-refractivity contribution in [1.82, 2.24) is 0 Å². The predicted octanol–water partition coefficient (Wildman–Crippen LogP) is 0.395. The molecule has 1 aromatic heterocycles. The van der Waals surface area contributed by atoms with Gasteiger partial charge in [-0.05, 0) is 24.3 Å². The summed E-state index contributed by atoms with van der Waals surface area (Å²) in [4.78, 5) is 12.4. The highest BCUT2D eigenvalue weighted by Crippen LogP contribution is 2.40. The summed E-state index contributed by atoms with van der Waals surface area (Å²) in [6.45, 7) is -0.196. The zero-order valence-corrected chi connectivity index (χ0v) is 15.3. The largest absolute Gasteiger partial charge is 0.504 e. The number of aliphatic hydroxyl groups is 3. The Labute approximate surface area is 168 Å². The van der Waals surface area contributed by atoms with Crippen LogP contribution in [0.15, 0.2) is 45.6 Å². The first-order chi connectivity index (χ1) is 14.3. The maximum atomic E-state index is 12.4. The fourth-order valence-electron chi connectivity index (χ4n) is 3.14. The molecule has 0 spiro atoms. The standard InChI is InChI=1S/C20H18O10/c21-10-5-13(30-14-6-11(22)16(24)18(26)15(10)14)8-1-3-9(4-2-8)29-20-19(27)17(25)12(23)7-28-20/h1-6,12,17,19-20,22-27H,7H2. The Hall–Kier alpha value is -3.31. The summed E-state index contributed by atoms with van der Waals surface area (Å²) >= 11 is 0. The lowest BCUT2D eigenvalue weighted by atomic mass is 10.1.